The standard InChI is InChI=1S/C20H29N3O2/c1-14(17-13-15-6-7-16(17)12-15)21-20(25)23-10-8-22(9-11-23)18-4-2-3-5-19(18)24/h2-5,14-17,24H,6-13H2,1H3,(H,21,25). The van der Waals surface area contributed by atoms with Crippen LogP contribution in [0.3, 0.4) is 0 Å². The third kappa shape index (κ3) is 3.29. The minimum Gasteiger partial charge on any atom is -0.506 e. The van der Waals surface area contributed by atoms with Crippen molar-refractivity contribution in [2.75, 3.05) is 31.1 Å². The van der Waals surface area contributed by atoms with Crippen LogP contribution < -0.4 is 10.2 Å². The number of carbonyl (C=O) groups is 1. The Balaban J connectivity index is 1.29. The summed E-state index contributed by atoms with van der Waals surface area (Å²) >= 11 is 0. The first-order valence-electron chi connectivity index (χ1n) is 9.70. The highest BCUT2D eigenvalue weighted by atomic mass is 16.3. The van der Waals surface area contributed by atoms with Gasteiger partial charge in [-0.15, -0.1) is 0 Å². The fourth-order valence-corrected chi connectivity index (χ4v) is 5.18. The van der Waals surface area contributed by atoms with Crippen molar-refractivity contribution in [2.24, 2.45) is 17.8 Å². The lowest BCUT2D eigenvalue weighted by Crippen LogP contribution is -2.54. The Kier molecular flexibility index (Phi) is 4.48. The smallest absolute Gasteiger partial charge is 0.317 e. The average molecular weight is 343 g/mol. The number of carbonyl (C=O) groups excluding carboxylic acids is 1. The number of hydrogen-bond donors (Lipinski definition) is 2. The topological polar surface area (TPSA) is 55.8 Å². The predicted molar refractivity (Wildman–Crippen MR) is 98.8 cm³/mol. The molecule has 5 heteroatoms. The number of urea groups is 1. The van der Waals surface area contributed by atoms with Crippen molar-refractivity contribution in [3.63, 3.8) is 0 Å². The van der Waals surface area contributed by atoms with Crippen LogP contribution in [0.4, 0.5) is 10.5 Å². The number of benzene rings is 1. The quantitative estimate of drug-likeness (QED) is 0.887. The van der Waals surface area contributed by atoms with E-state index in [0.717, 1.165) is 30.6 Å². The molecule has 4 atom stereocenters. The summed E-state index contributed by atoms with van der Waals surface area (Å²) in [7, 11) is 0. The summed E-state index contributed by atoms with van der Waals surface area (Å²) in [6, 6.07) is 7.77. The van der Waals surface area contributed by atoms with Crippen LogP contribution in [0.15, 0.2) is 24.3 Å². The molecule has 1 aromatic carbocycles. The second-order valence-electron chi connectivity index (χ2n) is 8.04. The number of aromatic hydroxyl groups is 1. The van der Waals surface area contributed by atoms with E-state index in [1.54, 1.807) is 6.07 Å². The Morgan fingerprint density at radius 2 is 1.92 bits per heavy atom. The molecule has 0 aromatic heterocycles. The van der Waals surface area contributed by atoms with Gasteiger partial charge in [0.2, 0.25) is 0 Å². The average Bonchev–Trinajstić information content (AvgIpc) is 3.26. The van der Waals surface area contributed by atoms with E-state index < -0.39 is 0 Å². The molecule has 2 amide bonds. The van der Waals surface area contributed by atoms with Crippen molar-refractivity contribution < 1.29 is 9.90 Å². The first-order chi connectivity index (χ1) is 12.1. The van der Waals surface area contributed by atoms with E-state index in [1.165, 1.54) is 25.7 Å². The number of piperazine rings is 1. The normalized spacial score (nSPS) is 29.7. The number of fused-ring (bicyclic) bond motifs is 2. The molecule has 1 saturated heterocycles. The second kappa shape index (κ2) is 6.77. The maximum absolute atomic E-state index is 12.6. The van der Waals surface area contributed by atoms with Crippen LogP contribution in [0.25, 0.3) is 0 Å². The maximum Gasteiger partial charge on any atom is 0.317 e. The number of hydrogen-bond acceptors (Lipinski definition) is 3. The molecule has 25 heavy (non-hydrogen) atoms. The van der Waals surface area contributed by atoms with E-state index in [-0.39, 0.29) is 12.1 Å². The number of nitrogens with one attached hydrogen (secondary N) is 1. The Labute approximate surface area is 150 Å². The molecule has 2 aliphatic carbocycles. The fourth-order valence-electron chi connectivity index (χ4n) is 5.18. The number of amides is 2. The van der Waals surface area contributed by atoms with Crippen LogP contribution >= 0.6 is 0 Å². The van der Waals surface area contributed by atoms with E-state index >= 15 is 0 Å². The van der Waals surface area contributed by atoms with Gasteiger partial charge in [0, 0.05) is 32.2 Å². The zero-order valence-electron chi connectivity index (χ0n) is 15.0. The molecular formula is C20H29N3O2. The third-order valence-corrected chi connectivity index (χ3v) is 6.58. The van der Waals surface area contributed by atoms with Crippen LogP contribution in [0, 0.1) is 17.8 Å². The monoisotopic (exact) mass is 343 g/mol. The lowest BCUT2D eigenvalue weighted by Gasteiger charge is -2.37. The molecule has 3 aliphatic rings. The number of phenols is 1. The summed E-state index contributed by atoms with van der Waals surface area (Å²) in [4.78, 5) is 16.7. The van der Waals surface area contributed by atoms with Gasteiger partial charge >= 0.3 is 6.03 Å². The molecule has 5 nitrogen and oxygen atoms in total. The zero-order valence-corrected chi connectivity index (χ0v) is 15.0. The highest BCUT2D eigenvalue weighted by Gasteiger charge is 2.42. The van der Waals surface area contributed by atoms with Gasteiger partial charge in [0.15, 0.2) is 0 Å². The van der Waals surface area contributed by atoms with Crippen molar-refractivity contribution >= 4 is 11.7 Å². The maximum atomic E-state index is 12.6. The van der Waals surface area contributed by atoms with Gasteiger partial charge < -0.3 is 20.2 Å². The minimum absolute atomic E-state index is 0.0761. The van der Waals surface area contributed by atoms with Gasteiger partial charge in [-0.05, 0) is 56.1 Å². The lowest BCUT2D eigenvalue weighted by molar-refractivity contribution is 0.179. The lowest BCUT2D eigenvalue weighted by atomic mass is 9.84. The number of anilines is 1. The van der Waals surface area contributed by atoms with Crippen LogP contribution in [0.5, 0.6) is 5.75 Å². The van der Waals surface area contributed by atoms with Gasteiger partial charge in [0.1, 0.15) is 5.75 Å². The molecule has 1 aromatic rings. The summed E-state index contributed by atoms with van der Waals surface area (Å²) in [6.07, 6.45) is 5.43. The van der Waals surface area contributed by atoms with Gasteiger partial charge in [-0.1, -0.05) is 18.6 Å². The molecule has 2 saturated carbocycles. The van der Waals surface area contributed by atoms with E-state index in [0.29, 0.717) is 24.8 Å². The summed E-state index contributed by atoms with van der Waals surface area (Å²) in [5.41, 5.74) is 0.859. The number of nitrogens with zero attached hydrogens (tertiary/aromatic N) is 2. The van der Waals surface area contributed by atoms with Crippen molar-refractivity contribution in [3.05, 3.63) is 24.3 Å². The minimum atomic E-state index is 0.0761. The second-order valence-corrected chi connectivity index (χ2v) is 8.04. The van der Waals surface area contributed by atoms with Crippen molar-refractivity contribution in [2.45, 2.75) is 38.6 Å². The van der Waals surface area contributed by atoms with Gasteiger partial charge in [-0.25, -0.2) is 4.79 Å². The van der Waals surface area contributed by atoms with E-state index in [4.69, 9.17) is 0 Å². The zero-order chi connectivity index (χ0) is 17.4. The Morgan fingerprint density at radius 1 is 1.16 bits per heavy atom. The Hall–Kier alpha value is -1.91. The molecule has 1 heterocycles. The molecule has 2 bridgehead atoms. The molecule has 0 radical (unpaired) electrons. The first-order valence-corrected chi connectivity index (χ1v) is 9.70. The fraction of sp³-hybridized carbons (Fsp3) is 0.650. The van der Waals surface area contributed by atoms with E-state index in [9.17, 15) is 9.90 Å². The van der Waals surface area contributed by atoms with Gasteiger partial charge in [-0.3, -0.25) is 0 Å². The predicted octanol–water partition coefficient (Wildman–Crippen LogP) is 3.05. The third-order valence-electron chi connectivity index (χ3n) is 6.58. The Morgan fingerprint density at radius 3 is 2.56 bits per heavy atom. The molecule has 136 valence electrons. The largest absolute Gasteiger partial charge is 0.506 e. The molecule has 2 N–H and O–H groups in total. The molecule has 4 unspecified atom stereocenters. The highest BCUT2D eigenvalue weighted by molar-refractivity contribution is 5.75. The van der Waals surface area contributed by atoms with Crippen LogP contribution in [0.1, 0.15) is 32.6 Å². The van der Waals surface area contributed by atoms with E-state index in [1.807, 2.05) is 23.1 Å². The van der Waals surface area contributed by atoms with Crippen molar-refractivity contribution in [1.82, 2.24) is 10.2 Å². The molecule has 1 aliphatic heterocycles. The van der Waals surface area contributed by atoms with Gasteiger partial charge in [-0.2, -0.15) is 0 Å². The van der Waals surface area contributed by atoms with Crippen LogP contribution in [-0.2, 0) is 0 Å². The number of rotatable bonds is 3. The first kappa shape index (κ1) is 16.6. The van der Waals surface area contributed by atoms with Crippen LogP contribution in [-0.4, -0.2) is 48.3 Å². The van der Waals surface area contributed by atoms with Crippen LogP contribution in [0.2, 0.25) is 0 Å². The molecular weight excluding hydrogens is 314 g/mol. The van der Waals surface area contributed by atoms with Crippen molar-refractivity contribution in [3.8, 4) is 5.75 Å². The molecule has 3 fully saturated rings. The summed E-state index contributed by atoms with van der Waals surface area (Å²) in [5.74, 6) is 2.73. The molecule has 4 rings (SSSR count). The van der Waals surface area contributed by atoms with Gasteiger partial charge in [0.25, 0.3) is 0 Å². The Bertz CT molecular complexity index is 627. The van der Waals surface area contributed by atoms with E-state index in [2.05, 4.69) is 17.1 Å². The summed E-state index contributed by atoms with van der Waals surface area (Å²) < 4.78 is 0. The SMILES string of the molecule is CC(NC(=O)N1CCN(c2ccccc2O)CC1)C1CC2CCC1C2. The highest BCUT2D eigenvalue weighted by Crippen LogP contribution is 2.49. The molecule has 0 spiro atoms. The number of phenolic OH excluding ortho intramolecular Hbond substituents is 1. The van der Waals surface area contributed by atoms with Gasteiger partial charge in [0.05, 0.1) is 5.69 Å². The summed E-state index contributed by atoms with van der Waals surface area (Å²) in [5, 5.41) is 13.3. The number of para-hydroxylation sites is 2. The van der Waals surface area contributed by atoms with Crippen molar-refractivity contribution in [1.29, 1.82) is 0 Å². The summed E-state index contributed by atoms with van der Waals surface area (Å²) in [6.45, 7) is 5.09.